The van der Waals surface area contributed by atoms with Crippen molar-refractivity contribution in [2.24, 2.45) is 0 Å². The molecule has 0 aliphatic rings. The third-order valence-electron chi connectivity index (χ3n) is 2.07. The number of hydrogen-bond acceptors (Lipinski definition) is 4. The Morgan fingerprint density at radius 1 is 1.47 bits per heavy atom. The minimum absolute atomic E-state index is 0.0409. The molecule has 1 atom stereocenters. The molecule has 0 radical (unpaired) electrons. The van der Waals surface area contributed by atoms with E-state index in [1.807, 2.05) is 13.0 Å². The molecule has 1 aromatic heterocycles. The lowest BCUT2D eigenvalue weighted by Gasteiger charge is -2.10. The standard InChI is InChI=1S/C13H17NO3/c1-11(16-2)10-17-13-7-12(8-14-9-13)5-3-4-6-15/h7-9,11,15H,4,6,10H2,1-2H3. The van der Waals surface area contributed by atoms with Crippen LogP contribution in [0.4, 0.5) is 0 Å². The van der Waals surface area contributed by atoms with Crippen LogP contribution in [0.25, 0.3) is 0 Å². The molecule has 1 unspecified atom stereocenters. The molecule has 0 aromatic carbocycles. The number of aliphatic hydroxyl groups excluding tert-OH is 1. The second kappa shape index (κ2) is 7.66. The molecule has 1 N–H and O–H groups in total. The molecule has 1 aromatic rings. The van der Waals surface area contributed by atoms with Crippen LogP contribution in [0.15, 0.2) is 18.5 Å². The average molecular weight is 235 g/mol. The van der Waals surface area contributed by atoms with Gasteiger partial charge in [0.2, 0.25) is 0 Å². The molecule has 0 bridgehead atoms. The Bertz CT molecular complexity index is 395. The van der Waals surface area contributed by atoms with E-state index in [0.717, 1.165) is 5.56 Å². The quantitative estimate of drug-likeness (QED) is 0.780. The molecule has 0 saturated heterocycles. The van der Waals surface area contributed by atoms with E-state index in [1.54, 1.807) is 19.5 Å². The fourth-order valence-electron chi connectivity index (χ4n) is 1.07. The Hall–Kier alpha value is -1.57. The molecule has 1 heterocycles. The predicted octanol–water partition coefficient (Wildman–Crippen LogP) is 1.23. The molecule has 0 saturated carbocycles. The summed E-state index contributed by atoms with van der Waals surface area (Å²) in [5, 5.41) is 8.61. The number of rotatable bonds is 5. The molecule has 0 amide bonds. The van der Waals surface area contributed by atoms with Gasteiger partial charge in [0.1, 0.15) is 12.4 Å². The summed E-state index contributed by atoms with van der Waals surface area (Å²) >= 11 is 0. The van der Waals surface area contributed by atoms with Crippen LogP contribution in [0.3, 0.4) is 0 Å². The van der Waals surface area contributed by atoms with Crippen molar-refractivity contribution in [3.63, 3.8) is 0 Å². The highest BCUT2D eigenvalue weighted by Crippen LogP contribution is 2.11. The van der Waals surface area contributed by atoms with Crippen molar-refractivity contribution in [3.8, 4) is 17.6 Å². The second-order valence-corrected chi connectivity index (χ2v) is 3.54. The van der Waals surface area contributed by atoms with E-state index in [4.69, 9.17) is 14.6 Å². The number of methoxy groups -OCH3 is 1. The van der Waals surface area contributed by atoms with Crippen LogP contribution in [-0.4, -0.2) is 36.5 Å². The first-order valence-corrected chi connectivity index (χ1v) is 5.46. The first-order valence-electron chi connectivity index (χ1n) is 5.46. The maximum absolute atomic E-state index is 8.61. The zero-order chi connectivity index (χ0) is 12.5. The Labute approximate surface area is 102 Å². The number of nitrogens with zero attached hydrogens (tertiary/aromatic N) is 1. The summed E-state index contributed by atoms with van der Waals surface area (Å²) in [7, 11) is 1.64. The van der Waals surface area contributed by atoms with Crippen LogP contribution in [0.2, 0.25) is 0 Å². The van der Waals surface area contributed by atoms with Gasteiger partial charge < -0.3 is 14.6 Å². The molecular formula is C13H17NO3. The SMILES string of the molecule is COC(C)COc1cncc(C#CCCO)c1. The average Bonchev–Trinajstić information content (AvgIpc) is 2.37. The van der Waals surface area contributed by atoms with Gasteiger partial charge in [0.25, 0.3) is 0 Å². The Kier molecular flexibility index (Phi) is 6.08. The van der Waals surface area contributed by atoms with E-state index >= 15 is 0 Å². The highest BCUT2D eigenvalue weighted by atomic mass is 16.5. The highest BCUT2D eigenvalue weighted by Gasteiger charge is 2.01. The molecule has 0 aliphatic carbocycles. The molecule has 4 nitrogen and oxygen atoms in total. The van der Waals surface area contributed by atoms with Crippen molar-refractivity contribution in [3.05, 3.63) is 24.0 Å². The molecule has 17 heavy (non-hydrogen) atoms. The zero-order valence-electron chi connectivity index (χ0n) is 10.1. The third-order valence-corrected chi connectivity index (χ3v) is 2.07. The number of ether oxygens (including phenoxy) is 2. The number of pyridine rings is 1. The van der Waals surface area contributed by atoms with Crippen molar-refractivity contribution >= 4 is 0 Å². The second-order valence-electron chi connectivity index (χ2n) is 3.54. The Morgan fingerprint density at radius 2 is 2.29 bits per heavy atom. The maximum Gasteiger partial charge on any atom is 0.138 e. The van der Waals surface area contributed by atoms with Gasteiger partial charge in [-0.2, -0.15) is 0 Å². The summed E-state index contributed by atoms with van der Waals surface area (Å²) in [6, 6.07) is 1.82. The van der Waals surface area contributed by atoms with Crippen LogP contribution in [0, 0.1) is 11.8 Å². The van der Waals surface area contributed by atoms with Gasteiger partial charge in [0.05, 0.1) is 18.9 Å². The lowest BCUT2D eigenvalue weighted by molar-refractivity contribution is 0.0715. The summed E-state index contributed by atoms with van der Waals surface area (Å²) in [5.41, 5.74) is 0.779. The molecule has 1 rings (SSSR count). The minimum atomic E-state index is 0.0409. The molecule has 4 heteroatoms. The van der Waals surface area contributed by atoms with Crippen molar-refractivity contribution in [1.82, 2.24) is 4.98 Å². The van der Waals surface area contributed by atoms with Gasteiger partial charge in [-0.3, -0.25) is 4.98 Å². The normalized spacial score (nSPS) is 11.5. The summed E-state index contributed by atoms with van der Waals surface area (Å²) in [5.74, 6) is 6.41. The summed E-state index contributed by atoms with van der Waals surface area (Å²) in [6.45, 7) is 2.48. The number of hydrogen-bond donors (Lipinski definition) is 1. The van der Waals surface area contributed by atoms with E-state index in [0.29, 0.717) is 18.8 Å². The van der Waals surface area contributed by atoms with Gasteiger partial charge in [-0.05, 0) is 13.0 Å². The van der Waals surface area contributed by atoms with Crippen LogP contribution >= 0.6 is 0 Å². The molecule has 0 aliphatic heterocycles. The van der Waals surface area contributed by atoms with Crippen molar-refractivity contribution in [2.75, 3.05) is 20.3 Å². The van der Waals surface area contributed by atoms with Crippen LogP contribution in [0.5, 0.6) is 5.75 Å². The molecule has 0 spiro atoms. The van der Waals surface area contributed by atoms with Crippen molar-refractivity contribution in [2.45, 2.75) is 19.4 Å². The van der Waals surface area contributed by atoms with Crippen molar-refractivity contribution < 1.29 is 14.6 Å². The van der Waals surface area contributed by atoms with E-state index in [-0.39, 0.29) is 12.7 Å². The first-order chi connectivity index (χ1) is 8.26. The maximum atomic E-state index is 8.61. The molecule has 92 valence electrons. The predicted molar refractivity (Wildman–Crippen MR) is 64.8 cm³/mol. The van der Waals surface area contributed by atoms with Crippen LogP contribution < -0.4 is 4.74 Å². The number of aliphatic hydroxyl groups is 1. The van der Waals surface area contributed by atoms with Gasteiger partial charge in [0.15, 0.2) is 0 Å². The third kappa shape index (κ3) is 5.34. The van der Waals surface area contributed by atoms with Crippen molar-refractivity contribution in [1.29, 1.82) is 0 Å². The van der Waals surface area contributed by atoms with Gasteiger partial charge in [0, 0.05) is 25.3 Å². The lowest BCUT2D eigenvalue weighted by atomic mass is 10.2. The molecular weight excluding hydrogens is 218 g/mol. The van der Waals surface area contributed by atoms with Gasteiger partial charge in [-0.1, -0.05) is 11.8 Å². The smallest absolute Gasteiger partial charge is 0.138 e. The largest absolute Gasteiger partial charge is 0.489 e. The molecule has 0 fully saturated rings. The van der Waals surface area contributed by atoms with Gasteiger partial charge in [-0.25, -0.2) is 0 Å². The van der Waals surface area contributed by atoms with E-state index in [1.165, 1.54) is 0 Å². The highest BCUT2D eigenvalue weighted by molar-refractivity contribution is 5.36. The first kappa shape index (κ1) is 13.5. The number of aromatic nitrogens is 1. The van der Waals surface area contributed by atoms with Crippen LogP contribution in [-0.2, 0) is 4.74 Å². The monoisotopic (exact) mass is 235 g/mol. The summed E-state index contributed by atoms with van der Waals surface area (Å²) < 4.78 is 10.6. The summed E-state index contributed by atoms with van der Waals surface area (Å²) in [6.07, 6.45) is 3.81. The van der Waals surface area contributed by atoms with E-state index in [2.05, 4.69) is 16.8 Å². The fourth-order valence-corrected chi connectivity index (χ4v) is 1.07. The van der Waals surface area contributed by atoms with E-state index < -0.39 is 0 Å². The Balaban J connectivity index is 2.57. The fraction of sp³-hybridized carbons (Fsp3) is 0.462. The summed E-state index contributed by atoms with van der Waals surface area (Å²) in [4.78, 5) is 4.04. The topological polar surface area (TPSA) is 51.6 Å². The van der Waals surface area contributed by atoms with E-state index in [9.17, 15) is 0 Å². The zero-order valence-corrected chi connectivity index (χ0v) is 10.1. The Morgan fingerprint density at radius 3 is 3.00 bits per heavy atom. The van der Waals surface area contributed by atoms with Crippen LogP contribution in [0.1, 0.15) is 18.9 Å². The minimum Gasteiger partial charge on any atom is -0.489 e. The van der Waals surface area contributed by atoms with Gasteiger partial charge >= 0.3 is 0 Å². The lowest BCUT2D eigenvalue weighted by Crippen LogP contribution is -2.15. The van der Waals surface area contributed by atoms with Gasteiger partial charge in [-0.15, -0.1) is 0 Å².